The zero-order chi connectivity index (χ0) is 18.7. The van der Waals surface area contributed by atoms with Gasteiger partial charge >= 0.3 is 5.97 Å². The number of pyridine rings is 1. The molecule has 0 bridgehead atoms. The Morgan fingerprint density at radius 3 is 2.58 bits per heavy atom. The SMILES string of the molecule is CCOC(=O)c1nc2ccc(F)cn2c1N=Nc1ccc(N(C)C)cc1. The molecule has 26 heavy (non-hydrogen) atoms. The van der Waals surface area contributed by atoms with Gasteiger partial charge in [-0.05, 0) is 43.3 Å². The minimum absolute atomic E-state index is 0.00823. The lowest BCUT2D eigenvalue weighted by Gasteiger charge is -2.11. The summed E-state index contributed by atoms with van der Waals surface area (Å²) in [5.74, 6) is -0.986. The molecule has 1 aromatic carbocycles. The zero-order valence-corrected chi connectivity index (χ0v) is 14.7. The van der Waals surface area contributed by atoms with Crippen molar-refractivity contribution in [3.05, 3.63) is 54.1 Å². The van der Waals surface area contributed by atoms with Gasteiger partial charge in [0.1, 0.15) is 11.5 Å². The second-order valence-electron chi connectivity index (χ2n) is 5.69. The number of benzene rings is 1. The van der Waals surface area contributed by atoms with E-state index >= 15 is 0 Å². The molecule has 0 atom stereocenters. The van der Waals surface area contributed by atoms with E-state index in [-0.39, 0.29) is 18.1 Å². The van der Waals surface area contributed by atoms with Crippen molar-refractivity contribution in [2.24, 2.45) is 10.2 Å². The number of azo groups is 1. The fourth-order valence-corrected chi connectivity index (χ4v) is 2.36. The van der Waals surface area contributed by atoms with Crippen LogP contribution in [0.4, 0.5) is 21.6 Å². The summed E-state index contributed by atoms with van der Waals surface area (Å²) < 4.78 is 20.0. The van der Waals surface area contributed by atoms with Crippen LogP contribution in [0, 0.1) is 5.82 Å². The summed E-state index contributed by atoms with van der Waals surface area (Å²) in [5.41, 5.74) is 1.99. The van der Waals surface area contributed by atoms with Gasteiger partial charge in [-0.15, -0.1) is 10.2 Å². The predicted molar refractivity (Wildman–Crippen MR) is 96.1 cm³/mol. The molecule has 0 N–H and O–H groups in total. The molecule has 8 heteroatoms. The molecule has 0 aliphatic rings. The van der Waals surface area contributed by atoms with Crippen LogP contribution in [-0.4, -0.2) is 36.1 Å². The number of ether oxygens (including phenoxy) is 1. The number of esters is 1. The lowest BCUT2D eigenvalue weighted by molar-refractivity contribution is 0.0521. The van der Waals surface area contributed by atoms with Crippen molar-refractivity contribution in [3.63, 3.8) is 0 Å². The highest BCUT2D eigenvalue weighted by molar-refractivity contribution is 5.93. The summed E-state index contributed by atoms with van der Waals surface area (Å²) in [7, 11) is 3.88. The average Bonchev–Trinajstić information content (AvgIpc) is 2.98. The molecule has 0 radical (unpaired) electrons. The van der Waals surface area contributed by atoms with Gasteiger partial charge in [-0.1, -0.05) is 0 Å². The Labute approximate surface area is 149 Å². The van der Waals surface area contributed by atoms with Crippen LogP contribution < -0.4 is 4.90 Å². The molecule has 2 heterocycles. The van der Waals surface area contributed by atoms with E-state index in [1.807, 2.05) is 31.1 Å². The molecule has 0 fully saturated rings. The molecule has 0 aliphatic heterocycles. The first-order valence-corrected chi connectivity index (χ1v) is 8.03. The van der Waals surface area contributed by atoms with E-state index in [0.29, 0.717) is 11.3 Å². The number of hydrogen-bond acceptors (Lipinski definition) is 6. The van der Waals surface area contributed by atoms with Gasteiger partial charge in [0.05, 0.1) is 12.3 Å². The number of nitrogens with zero attached hydrogens (tertiary/aromatic N) is 5. The first-order chi connectivity index (χ1) is 12.5. The third-order valence-electron chi connectivity index (χ3n) is 3.65. The summed E-state index contributed by atoms with van der Waals surface area (Å²) in [6.07, 6.45) is 1.20. The zero-order valence-electron chi connectivity index (χ0n) is 14.7. The molecule has 0 saturated carbocycles. The van der Waals surface area contributed by atoms with Crippen LogP contribution in [0.15, 0.2) is 52.8 Å². The van der Waals surface area contributed by atoms with Gasteiger partial charge in [0.15, 0.2) is 11.5 Å². The van der Waals surface area contributed by atoms with Gasteiger partial charge < -0.3 is 9.64 Å². The molecular formula is C18H18FN5O2. The normalized spacial score (nSPS) is 11.2. The fraction of sp³-hybridized carbons (Fsp3) is 0.222. The molecule has 0 aliphatic carbocycles. The number of aromatic nitrogens is 2. The summed E-state index contributed by atoms with van der Waals surface area (Å²) in [6.45, 7) is 1.89. The van der Waals surface area contributed by atoms with E-state index in [4.69, 9.17) is 4.74 Å². The highest BCUT2D eigenvalue weighted by Gasteiger charge is 2.20. The number of anilines is 1. The third-order valence-corrected chi connectivity index (χ3v) is 3.65. The average molecular weight is 355 g/mol. The molecule has 3 rings (SSSR count). The maximum Gasteiger partial charge on any atom is 0.360 e. The third kappa shape index (κ3) is 3.53. The Balaban J connectivity index is 2.02. The van der Waals surface area contributed by atoms with Crippen molar-refractivity contribution in [1.82, 2.24) is 9.38 Å². The maximum absolute atomic E-state index is 13.6. The van der Waals surface area contributed by atoms with E-state index in [9.17, 15) is 9.18 Å². The number of fused-ring (bicyclic) bond motifs is 1. The Morgan fingerprint density at radius 1 is 1.19 bits per heavy atom. The van der Waals surface area contributed by atoms with Gasteiger partial charge in [-0.2, -0.15) is 0 Å². The topological polar surface area (TPSA) is 71.6 Å². The van der Waals surface area contributed by atoms with Crippen LogP contribution >= 0.6 is 0 Å². The van der Waals surface area contributed by atoms with Crippen molar-refractivity contribution in [3.8, 4) is 0 Å². The standard InChI is InChI=1S/C18H18FN5O2/c1-4-26-18(25)16-17(24-11-12(19)5-10-15(24)20-16)22-21-13-6-8-14(9-7-13)23(2)3/h5-11H,4H2,1-3H3. The summed E-state index contributed by atoms with van der Waals surface area (Å²) in [6, 6.07) is 10.1. The smallest absolute Gasteiger partial charge is 0.360 e. The van der Waals surface area contributed by atoms with Crippen LogP contribution in [0.3, 0.4) is 0 Å². The lowest BCUT2D eigenvalue weighted by atomic mass is 10.3. The fourth-order valence-electron chi connectivity index (χ4n) is 2.36. The van der Waals surface area contributed by atoms with E-state index in [1.54, 1.807) is 19.1 Å². The molecule has 0 saturated heterocycles. The van der Waals surface area contributed by atoms with Gasteiger partial charge in [0.25, 0.3) is 0 Å². The summed E-state index contributed by atoms with van der Waals surface area (Å²) in [5, 5.41) is 8.28. The van der Waals surface area contributed by atoms with Crippen LogP contribution in [0.25, 0.3) is 5.65 Å². The number of halogens is 1. The van der Waals surface area contributed by atoms with Crippen LogP contribution in [0.5, 0.6) is 0 Å². The molecular weight excluding hydrogens is 337 g/mol. The largest absolute Gasteiger partial charge is 0.461 e. The van der Waals surface area contributed by atoms with E-state index < -0.39 is 11.8 Å². The molecule has 2 aromatic heterocycles. The summed E-state index contributed by atoms with van der Waals surface area (Å²) in [4.78, 5) is 18.3. The number of hydrogen-bond donors (Lipinski definition) is 0. The number of rotatable bonds is 5. The predicted octanol–water partition coefficient (Wildman–Crippen LogP) is 4.13. The highest BCUT2D eigenvalue weighted by Crippen LogP contribution is 2.26. The molecule has 0 spiro atoms. The van der Waals surface area contributed by atoms with Crippen molar-refractivity contribution in [1.29, 1.82) is 0 Å². The van der Waals surface area contributed by atoms with E-state index in [0.717, 1.165) is 5.69 Å². The number of carbonyl (C=O) groups is 1. The van der Waals surface area contributed by atoms with Crippen LogP contribution in [0.2, 0.25) is 0 Å². The van der Waals surface area contributed by atoms with Crippen LogP contribution in [0.1, 0.15) is 17.4 Å². The molecule has 0 amide bonds. The van der Waals surface area contributed by atoms with Crippen molar-refractivity contribution < 1.29 is 13.9 Å². The van der Waals surface area contributed by atoms with Crippen LogP contribution in [-0.2, 0) is 4.74 Å². The van der Waals surface area contributed by atoms with Crippen molar-refractivity contribution in [2.45, 2.75) is 6.92 Å². The Kier molecular flexibility index (Phi) is 4.92. The Bertz CT molecular complexity index is 964. The first-order valence-electron chi connectivity index (χ1n) is 8.03. The minimum atomic E-state index is -0.631. The second-order valence-corrected chi connectivity index (χ2v) is 5.69. The Hall–Kier alpha value is -3.29. The summed E-state index contributed by atoms with van der Waals surface area (Å²) >= 11 is 0. The molecule has 134 valence electrons. The highest BCUT2D eigenvalue weighted by atomic mass is 19.1. The maximum atomic E-state index is 13.6. The quantitative estimate of drug-likeness (QED) is 0.509. The Morgan fingerprint density at radius 2 is 1.92 bits per heavy atom. The van der Waals surface area contributed by atoms with Crippen molar-refractivity contribution in [2.75, 3.05) is 25.6 Å². The van der Waals surface area contributed by atoms with E-state index in [2.05, 4.69) is 15.2 Å². The van der Waals surface area contributed by atoms with Gasteiger partial charge in [0.2, 0.25) is 0 Å². The molecule has 7 nitrogen and oxygen atoms in total. The number of imidazole rings is 1. The monoisotopic (exact) mass is 355 g/mol. The van der Waals surface area contributed by atoms with Gasteiger partial charge in [0, 0.05) is 26.0 Å². The lowest BCUT2D eigenvalue weighted by Crippen LogP contribution is -2.07. The van der Waals surface area contributed by atoms with E-state index in [1.165, 1.54) is 22.7 Å². The van der Waals surface area contributed by atoms with Crippen molar-refractivity contribution >= 4 is 28.8 Å². The second kappa shape index (κ2) is 7.30. The van der Waals surface area contributed by atoms with Gasteiger partial charge in [-0.25, -0.2) is 14.2 Å². The number of carbonyl (C=O) groups excluding carboxylic acids is 1. The minimum Gasteiger partial charge on any atom is -0.461 e. The van der Waals surface area contributed by atoms with Gasteiger partial charge in [-0.3, -0.25) is 4.40 Å². The molecule has 3 aromatic rings. The first kappa shape index (κ1) is 17.5. The molecule has 0 unspecified atom stereocenters.